The summed E-state index contributed by atoms with van der Waals surface area (Å²) in [5.41, 5.74) is 0.156. The second-order valence-corrected chi connectivity index (χ2v) is 12.1. The average molecular weight is 415 g/mol. The minimum Gasteiger partial charge on any atom is -0.285 e. The molecule has 6 heteroatoms. The van der Waals surface area contributed by atoms with Crippen molar-refractivity contribution in [3.05, 3.63) is 0 Å². The van der Waals surface area contributed by atoms with Crippen LogP contribution in [0.2, 0.25) is 0 Å². The quantitative estimate of drug-likeness (QED) is 0.651. The number of carbonyl (C=O) groups excluding carboxylic acids is 4. The highest BCUT2D eigenvalue weighted by atomic mass is 16.2. The molecule has 0 aromatic rings. The molecule has 0 aromatic heterocycles. The van der Waals surface area contributed by atoms with Crippen LogP contribution in [-0.2, 0) is 19.2 Å². The van der Waals surface area contributed by atoms with E-state index >= 15 is 0 Å². The Hall–Kier alpha value is -1.72. The van der Waals surface area contributed by atoms with Gasteiger partial charge in [0.15, 0.2) is 0 Å². The van der Waals surface area contributed by atoms with Crippen molar-refractivity contribution in [2.45, 2.75) is 59.8 Å². The molecule has 2 heterocycles. The largest absolute Gasteiger partial charge is 0.285 e. The summed E-state index contributed by atoms with van der Waals surface area (Å²) < 4.78 is 0. The van der Waals surface area contributed by atoms with E-state index in [4.69, 9.17) is 0 Å². The maximum Gasteiger partial charge on any atom is 0.233 e. The molecule has 0 spiro atoms. The predicted molar refractivity (Wildman–Crippen MR) is 110 cm³/mol. The summed E-state index contributed by atoms with van der Waals surface area (Å²) in [7, 11) is 1.51. The Bertz CT molecular complexity index is 808. The Morgan fingerprint density at radius 3 is 1.83 bits per heavy atom. The molecule has 5 aliphatic rings. The number of likely N-dealkylation sites (tertiary alicyclic amines) is 2. The standard InChI is InChI=1S/C24H34N2O4/c1-12-6-18-17(12)9-24(4,10-23(18,2)3)11-26-21(29)15-7-13-14(8-16(15)22(26)30)20(28)25(5)19(13)27/h12-18H,6-11H2,1-5H3. The minimum absolute atomic E-state index is 0.0696. The van der Waals surface area contributed by atoms with Crippen molar-refractivity contribution < 1.29 is 19.2 Å². The van der Waals surface area contributed by atoms with Crippen molar-refractivity contribution in [3.63, 3.8) is 0 Å². The molecule has 0 bridgehead atoms. The van der Waals surface area contributed by atoms with Gasteiger partial charge in [-0.2, -0.15) is 0 Å². The van der Waals surface area contributed by atoms with Gasteiger partial charge in [-0.25, -0.2) is 0 Å². The van der Waals surface area contributed by atoms with Crippen molar-refractivity contribution in [3.8, 4) is 0 Å². The molecular formula is C24H34N2O4. The molecule has 8 unspecified atom stereocenters. The smallest absolute Gasteiger partial charge is 0.233 e. The summed E-state index contributed by atoms with van der Waals surface area (Å²) in [6, 6.07) is 0. The molecule has 0 N–H and O–H groups in total. The van der Waals surface area contributed by atoms with E-state index in [0.29, 0.717) is 25.3 Å². The van der Waals surface area contributed by atoms with Gasteiger partial charge in [0.25, 0.3) is 0 Å². The molecule has 4 amide bonds. The van der Waals surface area contributed by atoms with Crippen LogP contribution in [0.4, 0.5) is 0 Å². The lowest BCUT2D eigenvalue weighted by Gasteiger charge is -2.60. The second-order valence-electron chi connectivity index (χ2n) is 12.1. The van der Waals surface area contributed by atoms with E-state index in [2.05, 4.69) is 27.7 Å². The Morgan fingerprint density at radius 1 is 0.833 bits per heavy atom. The molecule has 3 aliphatic carbocycles. The van der Waals surface area contributed by atoms with Crippen LogP contribution in [-0.4, -0.2) is 47.0 Å². The van der Waals surface area contributed by atoms with E-state index in [1.807, 2.05) is 0 Å². The van der Waals surface area contributed by atoms with Gasteiger partial charge in [0.1, 0.15) is 0 Å². The molecule has 0 radical (unpaired) electrons. The van der Waals surface area contributed by atoms with Crippen LogP contribution in [0.3, 0.4) is 0 Å². The van der Waals surface area contributed by atoms with Crippen molar-refractivity contribution >= 4 is 23.6 Å². The average Bonchev–Trinajstić information content (AvgIpc) is 3.02. The van der Waals surface area contributed by atoms with E-state index in [1.54, 1.807) is 0 Å². The maximum atomic E-state index is 13.3. The van der Waals surface area contributed by atoms with Crippen LogP contribution in [0, 0.1) is 52.3 Å². The lowest BCUT2D eigenvalue weighted by Crippen LogP contribution is -2.55. The first-order chi connectivity index (χ1) is 13.9. The number of hydrogen-bond donors (Lipinski definition) is 0. The van der Waals surface area contributed by atoms with Crippen molar-refractivity contribution in [2.24, 2.45) is 52.3 Å². The van der Waals surface area contributed by atoms with Gasteiger partial charge < -0.3 is 0 Å². The van der Waals surface area contributed by atoms with E-state index in [-0.39, 0.29) is 34.5 Å². The molecular weight excluding hydrogens is 380 g/mol. The first-order valence-electron chi connectivity index (χ1n) is 11.6. The summed E-state index contributed by atoms with van der Waals surface area (Å²) in [6.45, 7) is 9.74. The fourth-order valence-corrected chi connectivity index (χ4v) is 8.13. The van der Waals surface area contributed by atoms with Gasteiger partial charge in [0.2, 0.25) is 23.6 Å². The molecule has 2 saturated heterocycles. The number of imide groups is 2. The lowest BCUT2D eigenvalue weighted by molar-refractivity contribution is -0.148. The number of carbonyl (C=O) groups is 4. The molecule has 5 rings (SSSR count). The summed E-state index contributed by atoms with van der Waals surface area (Å²) in [5.74, 6) is -0.170. The van der Waals surface area contributed by atoms with E-state index in [0.717, 1.165) is 24.7 Å². The third kappa shape index (κ3) is 2.61. The molecule has 5 fully saturated rings. The lowest BCUT2D eigenvalue weighted by atomic mass is 9.45. The zero-order valence-electron chi connectivity index (χ0n) is 18.8. The molecule has 0 aromatic carbocycles. The Kier molecular flexibility index (Phi) is 4.15. The number of amides is 4. The Morgan fingerprint density at radius 2 is 1.33 bits per heavy atom. The molecule has 3 saturated carbocycles. The summed E-state index contributed by atoms with van der Waals surface area (Å²) >= 11 is 0. The minimum atomic E-state index is -0.433. The van der Waals surface area contributed by atoms with Gasteiger partial charge >= 0.3 is 0 Å². The van der Waals surface area contributed by atoms with E-state index < -0.39 is 23.7 Å². The normalized spacial score (nSPS) is 47.2. The summed E-state index contributed by atoms with van der Waals surface area (Å²) in [4.78, 5) is 54.2. The zero-order valence-corrected chi connectivity index (χ0v) is 18.8. The number of nitrogens with zero attached hydrogens (tertiary/aromatic N) is 2. The van der Waals surface area contributed by atoms with Crippen LogP contribution in [0.1, 0.15) is 59.8 Å². The van der Waals surface area contributed by atoms with Crippen LogP contribution < -0.4 is 0 Å². The van der Waals surface area contributed by atoms with Gasteiger partial charge in [0, 0.05) is 13.6 Å². The van der Waals surface area contributed by atoms with Gasteiger partial charge in [-0.1, -0.05) is 27.7 Å². The monoisotopic (exact) mass is 414 g/mol. The molecule has 6 nitrogen and oxygen atoms in total. The third-order valence-electron chi connectivity index (χ3n) is 9.48. The van der Waals surface area contributed by atoms with Crippen LogP contribution in [0.5, 0.6) is 0 Å². The predicted octanol–water partition coefficient (Wildman–Crippen LogP) is 2.71. The van der Waals surface area contributed by atoms with Crippen molar-refractivity contribution in [1.82, 2.24) is 9.80 Å². The van der Waals surface area contributed by atoms with Crippen LogP contribution in [0.15, 0.2) is 0 Å². The first-order valence-corrected chi connectivity index (χ1v) is 11.6. The number of rotatable bonds is 2. The maximum absolute atomic E-state index is 13.3. The van der Waals surface area contributed by atoms with Crippen molar-refractivity contribution in [1.29, 1.82) is 0 Å². The first kappa shape index (κ1) is 20.2. The number of fused-ring (bicyclic) bond motifs is 3. The summed E-state index contributed by atoms with van der Waals surface area (Å²) in [5, 5.41) is 0. The SMILES string of the molecule is CC1CC2C1CC(C)(CN1C(=O)C3CC4C(=O)N(C)C(=O)C4CC3C1=O)CC2(C)C. The molecule has 2 aliphatic heterocycles. The molecule has 164 valence electrons. The van der Waals surface area contributed by atoms with E-state index in [9.17, 15) is 19.2 Å². The Labute approximate surface area is 178 Å². The van der Waals surface area contributed by atoms with Gasteiger partial charge in [-0.15, -0.1) is 0 Å². The van der Waals surface area contributed by atoms with E-state index in [1.165, 1.54) is 23.3 Å². The van der Waals surface area contributed by atoms with Gasteiger partial charge in [0.05, 0.1) is 23.7 Å². The highest BCUT2D eigenvalue weighted by molar-refractivity contribution is 6.09. The fraction of sp³-hybridized carbons (Fsp3) is 0.833. The highest BCUT2D eigenvalue weighted by Gasteiger charge is 2.61. The summed E-state index contributed by atoms with van der Waals surface area (Å²) in [6.07, 6.45) is 4.07. The topological polar surface area (TPSA) is 74.8 Å². The number of hydrogen-bond acceptors (Lipinski definition) is 4. The fourth-order valence-electron chi connectivity index (χ4n) is 8.13. The Balaban J connectivity index is 1.36. The van der Waals surface area contributed by atoms with Crippen molar-refractivity contribution in [2.75, 3.05) is 13.6 Å². The second kappa shape index (κ2) is 6.17. The van der Waals surface area contributed by atoms with Crippen LogP contribution >= 0.6 is 0 Å². The van der Waals surface area contributed by atoms with Gasteiger partial charge in [-0.3, -0.25) is 29.0 Å². The zero-order chi connectivity index (χ0) is 21.7. The third-order valence-corrected chi connectivity index (χ3v) is 9.48. The molecule has 8 atom stereocenters. The van der Waals surface area contributed by atoms with Gasteiger partial charge in [-0.05, 0) is 60.7 Å². The van der Waals surface area contributed by atoms with Crippen LogP contribution in [0.25, 0.3) is 0 Å². The highest BCUT2D eigenvalue weighted by Crippen LogP contribution is 2.62. The molecule has 30 heavy (non-hydrogen) atoms.